The molecule has 0 saturated heterocycles. The molecule has 5 nitrogen and oxygen atoms in total. The van der Waals surface area contributed by atoms with E-state index in [0.29, 0.717) is 17.7 Å². The van der Waals surface area contributed by atoms with Gasteiger partial charge in [0.15, 0.2) is 0 Å². The van der Waals surface area contributed by atoms with Gasteiger partial charge in [-0.05, 0) is 31.2 Å². The van der Waals surface area contributed by atoms with Gasteiger partial charge in [-0.25, -0.2) is 5.10 Å². The summed E-state index contributed by atoms with van der Waals surface area (Å²) in [6.07, 6.45) is 0.550. The Labute approximate surface area is 133 Å². The monoisotopic (exact) mass is 307 g/mol. The smallest absolute Gasteiger partial charge is 0.264 e. The summed E-state index contributed by atoms with van der Waals surface area (Å²) in [4.78, 5) is 23.7. The van der Waals surface area contributed by atoms with Crippen molar-refractivity contribution in [3.8, 4) is 0 Å². The molecular weight excluding hydrogens is 290 g/mol. The van der Waals surface area contributed by atoms with Gasteiger partial charge in [0.2, 0.25) is 5.78 Å². The highest BCUT2D eigenvalue weighted by molar-refractivity contribution is 6.08. The fraction of sp³-hybridized carbons (Fsp3) is 0.167. The molecule has 23 heavy (non-hydrogen) atoms. The molecule has 0 radical (unpaired) electrons. The molecule has 0 aliphatic heterocycles. The number of hydrogen-bond donors (Lipinski definition) is 1. The first-order chi connectivity index (χ1) is 11.0. The summed E-state index contributed by atoms with van der Waals surface area (Å²) < 4.78 is 1.87. The van der Waals surface area contributed by atoms with E-state index in [2.05, 4.69) is 10.2 Å². The van der Waals surface area contributed by atoms with Crippen LogP contribution >= 0.6 is 0 Å². The molecule has 3 aromatic rings. The Morgan fingerprint density at radius 2 is 2.00 bits per heavy atom. The lowest BCUT2D eigenvalue weighted by atomic mass is 10.1. The van der Waals surface area contributed by atoms with Crippen molar-refractivity contribution in [3.05, 3.63) is 87.1 Å². The largest absolute Gasteiger partial charge is 0.345 e. The predicted molar refractivity (Wildman–Crippen MR) is 87.7 cm³/mol. The molecule has 0 bridgehead atoms. The molecule has 1 N–H and O–H groups in total. The molecule has 1 aromatic carbocycles. The maximum atomic E-state index is 12.6. The van der Waals surface area contributed by atoms with Gasteiger partial charge in [-0.3, -0.25) is 9.59 Å². The molecule has 116 valence electrons. The fourth-order valence-electron chi connectivity index (χ4n) is 2.55. The maximum absolute atomic E-state index is 12.6. The molecule has 2 aromatic heterocycles. The Morgan fingerprint density at radius 1 is 1.17 bits per heavy atom. The molecule has 0 aliphatic rings. The van der Waals surface area contributed by atoms with E-state index in [9.17, 15) is 9.59 Å². The third-order valence-corrected chi connectivity index (χ3v) is 3.84. The van der Waals surface area contributed by atoms with E-state index in [1.807, 2.05) is 54.9 Å². The third kappa shape index (κ3) is 3.13. The summed E-state index contributed by atoms with van der Waals surface area (Å²) in [6, 6.07) is 14.4. The highest BCUT2D eigenvalue weighted by Crippen LogP contribution is 2.16. The number of H-pyrrole nitrogens is 1. The molecule has 0 saturated carbocycles. The molecule has 0 fully saturated rings. The third-order valence-electron chi connectivity index (χ3n) is 3.84. The Bertz CT molecular complexity index is 902. The van der Waals surface area contributed by atoms with Crippen molar-refractivity contribution in [3.63, 3.8) is 0 Å². The van der Waals surface area contributed by atoms with E-state index in [4.69, 9.17) is 0 Å². The van der Waals surface area contributed by atoms with Crippen molar-refractivity contribution in [2.24, 2.45) is 7.05 Å². The fourth-order valence-corrected chi connectivity index (χ4v) is 2.55. The summed E-state index contributed by atoms with van der Waals surface area (Å²) in [6.45, 7) is 1.97. The number of ketones is 1. The Hall–Kier alpha value is -2.95. The van der Waals surface area contributed by atoms with Crippen LogP contribution in [0.5, 0.6) is 0 Å². The molecule has 0 atom stereocenters. The highest BCUT2D eigenvalue weighted by atomic mass is 16.1. The summed E-state index contributed by atoms with van der Waals surface area (Å²) in [5, 5.41) is 6.42. The molecule has 0 unspecified atom stereocenters. The van der Waals surface area contributed by atoms with Crippen molar-refractivity contribution >= 4 is 5.78 Å². The first-order valence-corrected chi connectivity index (χ1v) is 7.35. The van der Waals surface area contributed by atoms with E-state index in [0.717, 1.165) is 17.0 Å². The van der Waals surface area contributed by atoms with Gasteiger partial charge < -0.3 is 4.57 Å². The van der Waals surface area contributed by atoms with E-state index in [1.165, 1.54) is 6.07 Å². The van der Waals surface area contributed by atoms with Crippen LogP contribution in [-0.2, 0) is 13.5 Å². The summed E-state index contributed by atoms with van der Waals surface area (Å²) in [5.41, 5.74) is 3.86. The van der Waals surface area contributed by atoms with Crippen LogP contribution in [0.15, 0.2) is 53.3 Å². The van der Waals surface area contributed by atoms with Crippen LogP contribution in [0.25, 0.3) is 0 Å². The average Bonchev–Trinajstić information content (AvgIpc) is 2.90. The van der Waals surface area contributed by atoms with Crippen molar-refractivity contribution in [1.82, 2.24) is 14.8 Å². The first-order valence-electron chi connectivity index (χ1n) is 7.35. The minimum absolute atomic E-state index is 0.00289. The number of aryl methyl sites for hydroxylation is 1. The van der Waals surface area contributed by atoms with Crippen LogP contribution < -0.4 is 5.56 Å². The number of aromatic amines is 1. The lowest BCUT2D eigenvalue weighted by molar-refractivity contribution is 0.103. The van der Waals surface area contributed by atoms with Crippen LogP contribution in [0.2, 0.25) is 0 Å². The quantitative estimate of drug-likeness (QED) is 0.752. The Balaban J connectivity index is 1.88. The zero-order valence-corrected chi connectivity index (χ0v) is 13.0. The van der Waals surface area contributed by atoms with E-state index in [-0.39, 0.29) is 11.3 Å². The molecule has 0 amide bonds. The Morgan fingerprint density at radius 3 is 2.70 bits per heavy atom. The average molecular weight is 307 g/mol. The van der Waals surface area contributed by atoms with Crippen molar-refractivity contribution < 1.29 is 4.79 Å². The van der Waals surface area contributed by atoms with Crippen molar-refractivity contribution in [1.29, 1.82) is 0 Å². The molecule has 3 rings (SSSR count). The van der Waals surface area contributed by atoms with Crippen LogP contribution in [0.1, 0.15) is 33.0 Å². The van der Waals surface area contributed by atoms with Crippen molar-refractivity contribution in [2.45, 2.75) is 13.3 Å². The second kappa shape index (κ2) is 6.04. The van der Waals surface area contributed by atoms with E-state index < -0.39 is 0 Å². The predicted octanol–water partition coefficient (Wildman–Crippen LogP) is 2.24. The van der Waals surface area contributed by atoms with Crippen LogP contribution in [0, 0.1) is 6.92 Å². The van der Waals surface area contributed by atoms with Gasteiger partial charge in [0.1, 0.15) is 0 Å². The molecule has 0 aliphatic carbocycles. The van der Waals surface area contributed by atoms with E-state index in [1.54, 1.807) is 6.07 Å². The van der Waals surface area contributed by atoms with Gasteiger partial charge in [-0.15, -0.1) is 0 Å². The van der Waals surface area contributed by atoms with Gasteiger partial charge in [-0.1, -0.05) is 23.8 Å². The lowest BCUT2D eigenvalue weighted by Crippen LogP contribution is -2.11. The molecule has 2 heterocycles. The van der Waals surface area contributed by atoms with Crippen LogP contribution in [-0.4, -0.2) is 20.5 Å². The van der Waals surface area contributed by atoms with Gasteiger partial charge >= 0.3 is 0 Å². The summed E-state index contributed by atoms with van der Waals surface area (Å²) in [5.74, 6) is -0.00289. The van der Waals surface area contributed by atoms with Crippen LogP contribution in [0.3, 0.4) is 0 Å². The number of benzene rings is 1. The standard InChI is InChI=1S/C18H17N3O2/c1-12-4-3-5-13(10-12)18(23)16-8-7-15(21(16)2)11-14-6-9-17(22)20-19-14/h3-10H,11H2,1-2H3,(H,20,22). The molecular formula is C18H17N3O2. The topological polar surface area (TPSA) is 67.8 Å². The number of rotatable bonds is 4. The number of nitrogens with one attached hydrogen (secondary N) is 1. The minimum Gasteiger partial charge on any atom is -0.345 e. The number of carbonyl (C=O) groups excluding carboxylic acids is 1. The van der Waals surface area contributed by atoms with Crippen molar-refractivity contribution in [2.75, 3.05) is 0 Å². The normalized spacial score (nSPS) is 10.7. The second-order valence-electron chi connectivity index (χ2n) is 5.56. The SMILES string of the molecule is Cc1cccc(C(=O)c2ccc(Cc3ccc(=O)[nH]n3)n2C)c1. The van der Waals surface area contributed by atoms with Gasteiger partial charge in [0.05, 0.1) is 11.4 Å². The lowest BCUT2D eigenvalue weighted by Gasteiger charge is -2.07. The van der Waals surface area contributed by atoms with Gasteiger partial charge in [0.25, 0.3) is 5.56 Å². The highest BCUT2D eigenvalue weighted by Gasteiger charge is 2.15. The number of aromatic nitrogens is 3. The first kappa shape index (κ1) is 15.0. The summed E-state index contributed by atoms with van der Waals surface area (Å²) >= 11 is 0. The van der Waals surface area contributed by atoms with E-state index >= 15 is 0 Å². The number of carbonyl (C=O) groups is 1. The maximum Gasteiger partial charge on any atom is 0.264 e. The number of nitrogens with zero attached hydrogens (tertiary/aromatic N) is 2. The van der Waals surface area contributed by atoms with Gasteiger partial charge in [0, 0.05) is 30.8 Å². The second-order valence-corrected chi connectivity index (χ2v) is 5.56. The van der Waals surface area contributed by atoms with Gasteiger partial charge in [-0.2, -0.15) is 5.10 Å². The zero-order valence-electron chi connectivity index (χ0n) is 13.0. The summed E-state index contributed by atoms with van der Waals surface area (Å²) in [7, 11) is 1.87. The number of hydrogen-bond acceptors (Lipinski definition) is 3. The molecule has 0 spiro atoms. The molecule has 5 heteroatoms. The Kier molecular flexibility index (Phi) is 3.93. The minimum atomic E-state index is -0.226. The van der Waals surface area contributed by atoms with Crippen LogP contribution in [0.4, 0.5) is 0 Å². The zero-order chi connectivity index (χ0) is 16.4.